The van der Waals surface area contributed by atoms with Gasteiger partial charge in [-0.1, -0.05) is 29.5 Å². The SMILES string of the molecule is Cc1ccccc1N(CCCC(=O)Nc1ccc2c(c1)sc(=O)n2C)S(C)(=O)=O. The number of aromatic nitrogens is 1. The van der Waals surface area contributed by atoms with Gasteiger partial charge in [0.25, 0.3) is 0 Å². The molecule has 0 aliphatic rings. The molecule has 1 aromatic heterocycles. The Hall–Kier alpha value is -2.65. The highest BCUT2D eigenvalue weighted by Gasteiger charge is 2.19. The van der Waals surface area contributed by atoms with Crippen LogP contribution in [0.3, 0.4) is 0 Å². The number of nitrogens with one attached hydrogen (secondary N) is 1. The number of carbonyl (C=O) groups is 1. The van der Waals surface area contributed by atoms with Crippen molar-refractivity contribution in [1.29, 1.82) is 0 Å². The minimum Gasteiger partial charge on any atom is -0.326 e. The van der Waals surface area contributed by atoms with Crippen LogP contribution >= 0.6 is 11.3 Å². The molecule has 0 fully saturated rings. The van der Waals surface area contributed by atoms with E-state index in [-0.39, 0.29) is 23.7 Å². The third-order valence-corrected chi connectivity index (χ3v) is 6.80. The Labute approximate surface area is 173 Å². The van der Waals surface area contributed by atoms with E-state index in [0.717, 1.165) is 27.1 Å². The summed E-state index contributed by atoms with van der Waals surface area (Å²) in [5, 5.41) is 2.81. The summed E-state index contributed by atoms with van der Waals surface area (Å²) in [6.07, 6.45) is 1.73. The molecule has 0 spiro atoms. The van der Waals surface area contributed by atoms with Crippen molar-refractivity contribution in [3.63, 3.8) is 0 Å². The van der Waals surface area contributed by atoms with Crippen LogP contribution in [0.25, 0.3) is 10.2 Å². The molecule has 0 radical (unpaired) electrons. The van der Waals surface area contributed by atoms with E-state index >= 15 is 0 Å². The molecular formula is C20H23N3O4S2. The van der Waals surface area contributed by atoms with Gasteiger partial charge in [-0.2, -0.15) is 0 Å². The van der Waals surface area contributed by atoms with Gasteiger partial charge >= 0.3 is 4.87 Å². The lowest BCUT2D eigenvalue weighted by Gasteiger charge is -2.24. The number of para-hydroxylation sites is 1. The van der Waals surface area contributed by atoms with Gasteiger partial charge in [0.2, 0.25) is 15.9 Å². The maximum Gasteiger partial charge on any atom is 0.307 e. The molecule has 3 aromatic rings. The Bertz CT molecular complexity index is 1210. The number of sulfonamides is 1. The van der Waals surface area contributed by atoms with Gasteiger partial charge < -0.3 is 9.88 Å². The molecule has 2 aromatic carbocycles. The Kier molecular flexibility index (Phi) is 6.09. The first kappa shape index (κ1) is 21.1. The molecule has 0 unspecified atom stereocenters. The number of aryl methyl sites for hydroxylation is 2. The topological polar surface area (TPSA) is 88.5 Å². The fourth-order valence-electron chi connectivity index (χ4n) is 3.13. The summed E-state index contributed by atoms with van der Waals surface area (Å²) in [4.78, 5) is 24.0. The van der Waals surface area contributed by atoms with Crippen molar-refractivity contribution in [3.05, 3.63) is 57.7 Å². The zero-order valence-corrected chi connectivity index (χ0v) is 18.1. The first-order valence-electron chi connectivity index (χ1n) is 9.09. The first-order valence-corrected chi connectivity index (χ1v) is 11.8. The summed E-state index contributed by atoms with van der Waals surface area (Å²) >= 11 is 1.13. The third kappa shape index (κ3) is 4.86. The summed E-state index contributed by atoms with van der Waals surface area (Å²) in [5.41, 5.74) is 2.92. The second kappa shape index (κ2) is 8.38. The monoisotopic (exact) mass is 433 g/mol. The maximum absolute atomic E-state index is 12.3. The van der Waals surface area contributed by atoms with Crippen molar-refractivity contribution in [2.75, 3.05) is 22.4 Å². The zero-order chi connectivity index (χ0) is 21.2. The van der Waals surface area contributed by atoms with Crippen LogP contribution in [-0.4, -0.2) is 31.7 Å². The van der Waals surface area contributed by atoms with Gasteiger partial charge in [-0.05, 0) is 43.2 Å². The van der Waals surface area contributed by atoms with E-state index in [9.17, 15) is 18.0 Å². The van der Waals surface area contributed by atoms with Gasteiger partial charge in [0.15, 0.2) is 0 Å². The fourth-order valence-corrected chi connectivity index (χ4v) is 5.07. The number of fused-ring (bicyclic) bond motifs is 1. The summed E-state index contributed by atoms with van der Waals surface area (Å²) in [6.45, 7) is 2.07. The molecule has 29 heavy (non-hydrogen) atoms. The van der Waals surface area contributed by atoms with E-state index in [1.54, 1.807) is 41.9 Å². The van der Waals surface area contributed by atoms with Crippen LogP contribution < -0.4 is 14.5 Å². The van der Waals surface area contributed by atoms with Crippen LogP contribution in [0.1, 0.15) is 18.4 Å². The second-order valence-corrected chi connectivity index (χ2v) is 9.78. The van der Waals surface area contributed by atoms with Gasteiger partial charge in [0, 0.05) is 25.7 Å². The van der Waals surface area contributed by atoms with E-state index in [4.69, 9.17) is 0 Å². The normalized spacial score (nSPS) is 11.6. The summed E-state index contributed by atoms with van der Waals surface area (Å²) in [5.74, 6) is -0.203. The fraction of sp³-hybridized carbons (Fsp3) is 0.300. The first-order chi connectivity index (χ1) is 13.7. The van der Waals surface area contributed by atoms with Crippen LogP contribution in [0.15, 0.2) is 47.3 Å². The van der Waals surface area contributed by atoms with Gasteiger partial charge in [-0.25, -0.2) is 8.42 Å². The lowest BCUT2D eigenvalue weighted by molar-refractivity contribution is -0.116. The van der Waals surface area contributed by atoms with E-state index in [1.807, 2.05) is 19.1 Å². The largest absolute Gasteiger partial charge is 0.326 e. The number of nitrogens with zero attached hydrogens (tertiary/aromatic N) is 2. The molecule has 1 amide bonds. The molecule has 0 aliphatic heterocycles. The number of thiazole rings is 1. The van der Waals surface area contributed by atoms with Gasteiger partial charge in [-0.3, -0.25) is 13.9 Å². The highest BCUT2D eigenvalue weighted by molar-refractivity contribution is 7.92. The average Bonchev–Trinajstić information content (AvgIpc) is 2.92. The van der Waals surface area contributed by atoms with Gasteiger partial charge in [-0.15, -0.1) is 0 Å². The van der Waals surface area contributed by atoms with Crippen LogP contribution in [-0.2, 0) is 21.9 Å². The van der Waals surface area contributed by atoms with Crippen LogP contribution in [0, 0.1) is 6.92 Å². The van der Waals surface area contributed by atoms with Crippen LogP contribution in [0.5, 0.6) is 0 Å². The molecule has 3 rings (SSSR count). The Morgan fingerprint density at radius 3 is 2.62 bits per heavy atom. The molecule has 1 N–H and O–H groups in total. The van der Waals surface area contributed by atoms with Crippen molar-refractivity contribution in [1.82, 2.24) is 4.57 Å². The molecule has 154 valence electrons. The molecule has 0 saturated heterocycles. The van der Waals surface area contributed by atoms with Crippen LogP contribution in [0.2, 0.25) is 0 Å². The van der Waals surface area contributed by atoms with Crippen molar-refractivity contribution >= 4 is 48.9 Å². The highest BCUT2D eigenvalue weighted by atomic mass is 32.2. The number of rotatable bonds is 7. The van der Waals surface area contributed by atoms with Crippen molar-refractivity contribution in [3.8, 4) is 0 Å². The Morgan fingerprint density at radius 1 is 1.21 bits per heavy atom. The molecule has 9 heteroatoms. The number of hydrogen-bond acceptors (Lipinski definition) is 5. The molecule has 0 bridgehead atoms. The zero-order valence-electron chi connectivity index (χ0n) is 16.5. The molecule has 1 heterocycles. The molecular weight excluding hydrogens is 410 g/mol. The minimum atomic E-state index is -3.45. The van der Waals surface area contributed by atoms with Crippen molar-refractivity contribution in [2.45, 2.75) is 19.8 Å². The number of amides is 1. The quantitative estimate of drug-likeness (QED) is 0.620. The summed E-state index contributed by atoms with van der Waals surface area (Å²) < 4.78 is 28.1. The van der Waals surface area contributed by atoms with E-state index in [0.29, 0.717) is 17.8 Å². The lowest BCUT2D eigenvalue weighted by atomic mass is 10.2. The highest BCUT2D eigenvalue weighted by Crippen LogP contribution is 2.23. The minimum absolute atomic E-state index is 0.0550. The lowest BCUT2D eigenvalue weighted by Crippen LogP contribution is -2.32. The van der Waals surface area contributed by atoms with E-state index in [2.05, 4.69) is 5.32 Å². The summed E-state index contributed by atoms with van der Waals surface area (Å²) in [7, 11) is -1.74. The number of anilines is 2. The maximum atomic E-state index is 12.3. The molecule has 7 nitrogen and oxygen atoms in total. The molecule has 0 saturated carbocycles. The van der Waals surface area contributed by atoms with Gasteiger partial charge in [0.05, 0.1) is 22.2 Å². The predicted molar refractivity (Wildman–Crippen MR) is 118 cm³/mol. The number of carbonyl (C=O) groups excluding carboxylic acids is 1. The number of benzene rings is 2. The second-order valence-electron chi connectivity index (χ2n) is 6.88. The smallest absolute Gasteiger partial charge is 0.307 e. The Morgan fingerprint density at radius 2 is 1.93 bits per heavy atom. The van der Waals surface area contributed by atoms with Crippen molar-refractivity contribution < 1.29 is 13.2 Å². The van der Waals surface area contributed by atoms with E-state index in [1.165, 1.54) is 10.6 Å². The molecule has 0 atom stereocenters. The van der Waals surface area contributed by atoms with E-state index < -0.39 is 10.0 Å². The van der Waals surface area contributed by atoms with Crippen molar-refractivity contribution in [2.24, 2.45) is 7.05 Å². The molecule has 0 aliphatic carbocycles. The standard InChI is InChI=1S/C20H23N3O4S2/c1-14-7-4-5-8-16(14)23(29(3,26)27)12-6-9-19(24)21-15-10-11-17-18(13-15)28-20(25)22(17)2/h4-5,7-8,10-11,13H,6,9,12H2,1-3H3,(H,21,24). The third-order valence-electron chi connectivity index (χ3n) is 4.63. The Balaban J connectivity index is 1.64. The predicted octanol–water partition coefficient (Wildman–Crippen LogP) is 3.09. The number of hydrogen-bond donors (Lipinski definition) is 1. The summed E-state index contributed by atoms with van der Waals surface area (Å²) in [6, 6.07) is 12.6. The van der Waals surface area contributed by atoms with Crippen LogP contribution in [0.4, 0.5) is 11.4 Å². The average molecular weight is 434 g/mol. The van der Waals surface area contributed by atoms with Gasteiger partial charge in [0.1, 0.15) is 0 Å².